The normalized spacial score (nSPS) is 16.9. The van der Waals surface area contributed by atoms with Crippen LogP contribution in [0, 0.1) is 11.3 Å². The molecule has 2 aliphatic heterocycles. The molecule has 2 saturated heterocycles. The van der Waals surface area contributed by atoms with Gasteiger partial charge in [0.1, 0.15) is 17.4 Å². The quantitative estimate of drug-likeness (QED) is 0.221. The van der Waals surface area contributed by atoms with E-state index in [1.807, 2.05) is 49.5 Å². The number of nitriles is 1. The van der Waals surface area contributed by atoms with Crippen molar-refractivity contribution in [2.45, 2.75) is 50.6 Å². The van der Waals surface area contributed by atoms with Gasteiger partial charge in [0.15, 0.2) is 5.76 Å². The second-order valence-electron chi connectivity index (χ2n) is 11.9. The van der Waals surface area contributed by atoms with Crippen molar-refractivity contribution in [3.8, 4) is 11.8 Å². The van der Waals surface area contributed by atoms with Crippen LogP contribution in [0.15, 0.2) is 77.2 Å². The summed E-state index contributed by atoms with van der Waals surface area (Å²) < 4.78 is 50.9. The topological polar surface area (TPSA) is 73.0 Å². The minimum absolute atomic E-state index is 0.0217. The predicted octanol–water partition coefficient (Wildman–Crippen LogP) is 7.11. The summed E-state index contributed by atoms with van der Waals surface area (Å²) in [5.74, 6) is 0.825. The second-order valence-corrected chi connectivity index (χ2v) is 11.9. The van der Waals surface area contributed by atoms with E-state index >= 15 is 0 Å². The fourth-order valence-corrected chi connectivity index (χ4v) is 6.30. The Kier molecular flexibility index (Phi) is 8.72. The van der Waals surface area contributed by atoms with Crippen LogP contribution in [0.3, 0.4) is 0 Å². The lowest BCUT2D eigenvalue weighted by Gasteiger charge is -2.36. The fraction of sp³-hybridized carbons (Fsp3) is 0.371. The van der Waals surface area contributed by atoms with E-state index in [2.05, 4.69) is 15.9 Å². The summed E-state index contributed by atoms with van der Waals surface area (Å²) in [5, 5.41) is 10.2. The maximum atomic E-state index is 13.4. The number of furan rings is 1. The molecule has 0 radical (unpaired) electrons. The highest BCUT2D eigenvalue weighted by Crippen LogP contribution is 2.32. The number of amides is 1. The molecule has 6 rings (SSSR count). The molecule has 0 spiro atoms. The molecule has 2 aliphatic rings. The molecule has 3 aromatic carbocycles. The number of piperidine rings is 2. The molecule has 45 heavy (non-hydrogen) atoms. The van der Waals surface area contributed by atoms with Gasteiger partial charge in [-0.05, 0) is 73.0 Å². The van der Waals surface area contributed by atoms with Crippen molar-refractivity contribution in [3.05, 3.63) is 95.2 Å². The molecule has 0 atom stereocenters. The summed E-state index contributed by atoms with van der Waals surface area (Å²) >= 11 is 0. The summed E-state index contributed by atoms with van der Waals surface area (Å²) in [6, 6.07) is 22.6. The molecule has 0 saturated carbocycles. The van der Waals surface area contributed by atoms with Gasteiger partial charge in [-0.2, -0.15) is 18.4 Å². The third kappa shape index (κ3) is 6.94. The summed E-state index contributed by atoms with van der Waals surface area (Å²) in [6.45, 7) is 3.76. The molecular formula is C35H35F3N4O3. The van der Waals surface area contributed by atoms with Gasteiger partial charge in [-0.1, -0.05) is 18.2 Å². The molecule has 0 N–H and O–H groups in total. The summed E-state index contributed by atoms with van der Waals surface area (Å²) in [4.78, 5) is 19.6. The molecule has 1 amide bonds. The minimum Gasteiger partial charge on any atom is -0.490 e. The number of carbonyl (C=O) groups is 1. The van der Waals surface area contributed by atoms with Gasteiger partial charge in [0, 0.05) is 69.7 Å². The lowest BCUT2D eigenvalue weighted by atomic mass is 10.0. The summed E-state index contributed by atoms with van der Waals surface area (Å²) in [5.41, 5.74) is 2.47. The summed E-state index contributed by atoms with van der Waals surface area (Å²) in [7, 11) is 1.83. The van der Waals surface area contributed by atoms with E-state index in [0.717, 1.165) is 74.1 Å². The SMILES string of the molecule is CN(C(=O)c1cc2cc(OC3CCN(c4ccc(C(F)(F)F)cc4)CC3)ccc2o1)C1CCN(Cc2ccccc2C#N)CC1. The first-order valence-electron chi connectivity index (χ1n) is 15.3. The number of hydrogen-bond donors (Lipinski definition) is 0. The number of halogens is 3. The molecule has 10 heteroatoms. The lowest BCUT2D eigenvalue weighted by molar-refractivity contribution is -0.137. The van der Waals surface area contributed by atoms with Gasteiger partial charge in [-0.15, -0.1) is 0 Å². The zero-order valence-corrected chi connectivity index (χ0v) is 25.1. The molecule has 1 aromatic heterocycles. The van der Waals surface area contributed by atoms with Gasteiger partial charge < -0.3 is 19.0 Å². The maximum Gasteiger partial charge on any atom is 0.416 e. The van der Waals surface area contributed by atoms with Crippen molar-refractivity contribution in [3.63, 3.8) is 0 Å². The van der Waals surface area contributed by atoms with E-state index in [-0.39, 0.29) is 18.1 Å². The average Bonchev–Trinajstić information content (AvgIpc) is 3.48. The smallest absolute Gasteiger partial charge is 0.416 e. The maximum absolute atomic E-state index is 13.4. The highest BCUT2D eigenvalue weighted by Gasteiger charge is 2.31. The van der Waals surface area contributed by atoms with Gasteiger partial charge in [-0.3, -0.25) is 9.69 Å². The number of likely N-dealkylation sites (tertiary alicyclic amines) is 1. The highest BCUT2D eigenvalue weighted by atomic mass is 19.4. The number of nitrogens with zero attached hydrogens (tertiary/aromatic N) is 4. The zero-order valence-electron chi connectivity index (χ0n) is 25.1. The highest BCUT2D eigenvalue weighted by molar-refractivity contribution is 5.96. The number of rotatable bonds is 7. The molecule has 4 aromatic rings. The van der Waals surface area contributed by atoms with Gasteiger partial charge in [0.2, 0.25) is 0 Å². The molecule has 7 nitrogen and oxygen atoms in total. The molecule has 3 heterocycles. The average molecular weight is 617 g/mol. The predicted molar refractivity (Wildman–Crippen MR) is 165 cm³/mol. The van der Waals surface area contributed by atoms with Crippen molar-refractivity contribution in [2.75, 3.05) is 38.1 Å². The van der Waals surface area contributed by atoms with Crippen LogP contribution in [0.4, 0.5) is 18.9 Å². The van der Waals surface area contributed by atoms with Gasteiger partial charge in [0.05, 0.1) is 17.2 Å². The number of fused-ring (bicyclic) bond motifs is 1. The Morgan fingerprint density at radius 2 is 1.69 bits per heavy atom. The zero-order chi connectivity index (χ0) is 31.6. The van der Waals surface area contributed by atoms with Crippen LogP contribution >= 0.6 is 0 Å². The van der Waals surface area contributed by atoms with Crippen molar-refractivity contribution >= 4 is 22.6 Å². The van der Waals surface area contributed by atoms with E-state index in [4.69, 9.17) is 9.15 Å². The van der Waals surface area contributed by atoms with E-state index in [1.165, 1.54) is 12.1 Å². The van der Waals surface area contributed by atoms with Crippen LogP contribution in [0.25, 0.3) is 11.0 Å². The lowest BCUT2D eigenvalue weighted by Crippen LogP contribution is -2.45. The number of anilines is 1. The fourth-order valence-electron chi connectivity index (χ4n) is 6.30. The van der Waals surface area contributed by atoms with Crippen molar-refractivity contribution in [2.24, 2.45) is 0 Å². The first kappa shape index (κ1) is 30.5. The van der Waals surface area contributed by atoms with E-state index in [9.17, 15) is 23.2 Å². The number of alkyl halides is 3. The van der Waals surface area contributed by atoms with Gasteiger partial charge in [-0.25, -0.2) is 0 Å². The van der Waals surface area contributed by atoms with E-state index in [0.29, 0.717) is 35.7 Å². The van der Waals surface area contributed by atoms with Crippen molar-refractivity contribution in [1.29, 1.82) is 5.26 Å². The minimum atomic E-state index is -4.34. The van der Waals surface area contributed by atoms with E-state index < -0.39 is 11.7 Å². The Balaban J connectivity index is 1.01. The first-order valence-corrected chi connectivity index (χ1v) is 15.3. The summed E-state index contributed by atoms with van der Waals surface area (Å²) in [6.07, 6.45) is -1.21. The third-order valence-electron chi connectivity index (χ3n) is 8.96. The van der Waals surface area contributed by atoms with Crippen LogP contribution in [-0.4, -0.2) is 61.1 Å². The largest absolute Gasteiger partial charge is 0.490 e. The Labute approximate surface area is 260 Å². The van der Waals surface area contributed by atoms with Crippen LogP contribution in [0.5, 0.6) is 5.75 Å². The van der Waals surface area contributed by atoms with Crippen LogP contribution in [0.2, 0.25) is 0 Å². The van der Waals surface area contributed by atoms with Gasteiger partial charge >= 0.3 is 6.18 Å². The third-order valence-corrected chi connectivity index (χ3v) is 8.96. The van der Waals surface area contributed by atoms with Gasteiger partial charge in [0.25, 0.3) is 5.91 Å². The Bertz CT molecular complexity index is 1680. The number of carbonyl (C=O) groups excluding carboxylic acids is 1. The second kappa shape index (κ2) is 12.9. The Hall–Kier alpha value is -4.49. The molecular weight excluding hydrogens is 581 g/mol. The van der Waals surface area contributed by atoms with Crippen LogP contribution in [0.1, 0.15) is 52.9 Å². The van der Waals surface area contributed by atoms with Crippen LogP contribution in [-0.2, 0) is 12.7 Å². The van der Waals surface area contributed by atoms with Crippen LogP contribution < -0.4 is 9.64 Å². The number of benzene rings is 3. The van der Waals surface area contributed by atoms with E-state index in [1.54, 1.807) is 11.0 Å². The molecule has 0 unspecified atom stereocenters. The molecule has 234 valence electrons. The Morgan fingerprint density at radius 1 is 0.978 bits per heavy atom. The molecule has 2 fully saturated rings. The monoisotopic (exact) mass is 616 g/mol. The first-order chi connectivity index (χ1) is 21.7. The number of ether oxygens (including phenoxy) is 1. The van der Waals surface area contributed by atoms with Crippen molar-refractivity contribution < 1.29 is 27.1 Å². The Morgan fingerprint density at radius 3 is 2.38 bits per heavy atom. The standard InChI is InChI=1S/C35H35F3N4O3/c1-40(28-12-16-41(17-13-28)23-25-5-3-2-4-24(25)22-39)34(43)33-21-26-20-31(10-11-32(26)45-33)44-30-14-18-42(19-15-30)29-8-6-27(7-9-29)35(36,37)38/h2-11,20-21,28,30H,12-19,23H2,1H3. The molecule has 0 bridgehead atoms. The molecule has 0 aliphatic carbocycles. The number of hydrogen-bond acceptors (Lipinski definition) is 6. The van der Waals surface area contributed by atoms with Crippen molar-refractivity contribution in [1.82, 2.24) is 9.80 Å².